The van der Waals surface area contributed by atoms with Crippen LogP contribution in [0, 0.1) is 17.1 Å². The number of esters is 1. The topological polar surface area (TPSA) is 59.3 Å². The van der Waals surface area contributed by atoms with Crippen LogP contribution in [0.5, 0.6) is 11.5 Å². The second-order valence-electron chi connectivity index (χ2n) is 4.72. The molecule has 2 aromatic carbocycles. The Morgan fingerprint density at radius 1 is 1.38 bits per heavy atom. The second kappa shape index (κ2) is 8.13. The van der Waals surface area contributed by atoms with Crippen LogP contribution in [0.1, 0.15) is 18.1 Å². The normalized spacial score (nSPS) is 10.1. The van der Waals surface area contributed by atoms with Crippen molar-refractivity contribution in [1.29, 1.82) is 5.26 Å². The number of hydrogen-bond acceptors (Lipinski definition) is 4. The van der Waals surface area contributed by atoms with E-state index >= 15 is 0 Å². The van der Waals surface area contributed by atoms with Crippen molar-refractivity contribution in [2.75, 3.05) is 6.61 Å². The van der Waals surface area contributed by atoms with Gasteiger partial charge in [0.1, 0.15) is 5.75 Å². The van der Waals surface area contributed by atoms with E-state index < -0.39 is 11.8 Å². The van der Waals surface area contributed by atoms with Gasteiger partial charge >= 0.3 is 5.97 Å². The highest BCUT2D eigenvalue weighted by molar-refractivity contribution is 9.10. The molecule has 0 atom stereocenters. The summed E-state index contributed by atoms with van der Waals surface area (Å²) in [5.74, 6) is -1.09. The van der Waals surface area contributed by atoms with Crippen LogP contribution in [0.4, 0.5) is 4.39 Å². The standard InChI is InChI=1S/C17H12BrClFNO3/c1-2-23-15(22)7-11-3-4-14(18)17(16(11)20)24-13-6-10(9-21)5-12(19)8-13/h3-6,8H,2,7H2,1H3. The van der Waals surface area contributed by atoms with Gasteiger partial charge in [-0.05, 0) is 47.1 Å². The van der Waals surface area contributed by atoms with Crippen molar-refractivity contribution in [3.8, 4) is 17.6 Å². The van der Waals surface area contributed by atoms with E-state index in [-0.39, 0.29) is 35.7 Å². The summed E-state index contributed by atoms with van der Waals surface area (Å²) in [4.78, 5) is 11.6. The zero-order valence-corrected chi connectivity index (χ0v) is 14.9. The molecule has 0 radical (unpaired) electrons. The highest BCUT2D eigenvalue weighted by Crippen LogP contribution is 2.35. The highest BCUT2D eigenvalue weighted by Gasteiger charge is 2.17. The smallest absolute Gasteiger partial charge is 0.310 e. The van der Waals surface area contributed by atoms with E-state index in [1.807, 2.05) is 6.07 Å². The van der Waals surface area contributed by atoms with Gasteiger partial charge in [-0.1, -0.05) is 17.7 Å². The summed E-state index contributed by atoms with van der Waals surface area (Å²) >= 11 is 9.12. The van der Waals surface area contributed by atoms with E-state index in [0.717, 1.165) is 0 Å². The largest absolute Gasteiger partial charge is 0.466 e. The van der Waals surface area contributed by atoms with Crippen molar-refractivity contribution < 1.29 is 18.7 Å². The zero-order valence-electron chi connectivity index (χ0n) is 12.6. The number of rotatable bonds is 5. The van der Waals surface area contributed by atoms with Gasteiger partial charge in [0.25, 0.3) is 0 Å². The SMILES string of the molecule is CCOC(=O)Cc1ccc(Br)c(Oc2cc(Cl)cc(C#N)c2)c1F. The minimum Gasteiger partial charge on any atom is -0.466 e. The molecule has 0 aliphatic rings. The molecule has 0 aliphatic heterocycles. The second-order valence-corrected chi connectivity index (χ2v) is 6.01. The average molecular weight is 413 g/mol. The average Bonchev–Trinajstić information content (AvgIpc) is 2.54. The molecule has 0 saturated carbocycles. The molecule has 0 N–H and O–H groups in total. The number of nitrogens with zero attached hydrogens (tertiary/aromatic N) is 1. The highest BCUT2D eigenvalue weighted by atomic mass is 79.9. The van der Waals surface area contributed by atoms with Crippen molar-refractivity contribution in [3.05, 3.63) is 56.8 Å². The molecule has 0 amide bonds. The molecular formula is C17H12BrClFNO3. The number of carbonyl (C=O) groups excluding carboxylic acids is 1. The Kier molecular flexibility index (Phi) is 6.18. The van der Waals surface area contributed by atoms with Crippen LogP contribution in [-0.4, -0.2) is 12.6 Å². The lowest BCUT2D eigenvalue weighted by Gasteiger charge is -2.12. The number of ether oxygens (including phenoxy) is 2. The number of halogens is 3. The van der Waals surface area contributed by atoms with Crippen LogP contribution in [0.15, 0.2) is 34.8 Å². The quantitative estimate of drug-likeness (QED) is 0.648. The van der Waals surface area contributed by atoms with Gasteiger partial charge in [-0.15, -0.1) is 0 Å². The van der Waals surface area contributed by atoms with Crippen molar-refractivity contribution in [2.45, 2.75) is 13.3 Å². The molecule has 2 aromatic rings. The van der Waals surface area contributed by atoms with Gasteiger partial charge in [0.2, 0.25) is 0 Å². The molecule has 4 nitrogen and oxygen atoms in total. The monoisotopic (exact) mass is 411 g/mol. The Bertz CT molecular complexity index is 820. The Hall–Kier alpha value is -2.10. The summed E-state index contributed by atoms with van der Waals surface area (Å²) in [5.41, 5.74) is 0.436. The maximum Gasteiger partial charge on any atom is 0.310 e. The summed E-state index contributed by atoms with van der Waals surface area (Å²) in [6.07, 6.45) is -0.206. The van der Waals surface area contributed by atoms with E-state index in [4.69, 9.17) is 26.3 Å². The molecule has 0 aliphatic carbocycles. The minimum absolute atomic E-state index is 0.0945. The summed E-state index contributed by atoms with van der Waals surface area (Å²) in [5, 5.41) is 9.25. The van der Waals surface area contributed by atoms with Crippen molar-refractivity contribution in [3.63, 3.8) is 0 Å². The molecule has 24 heavy (non-hydrogen) atoms. The first-order valence-corrected chi connectivity index (χ1v) is 8.12. The summed E-state index contributed by atoms with van der Waals surface area (Å²) in [6.45, 7) is 1.90. The predicted octanol–water partition coefficient (Wildman–Crippen LogP) is 5.01. The van der Waals surface area contributed by atoms with Crippen LogP contribution >= 0.6 is 27.5 Å². The van der Waals surface area contributed by atoms with Crippen LogP contribution in [0.2, 0.25) is 5.02 Å². The molecule has 2 rings (SSSR count). The van der Waals surface area contributed by atoms with Crippen molar-refractivity contribution in [1.82, 2.24) is 0 Å². The third kappa shape index (κ3) is 4.47. The van der Waals surface area contributed by atoms with Crippen molar-refractivity contribution in [2.24, 2.45) is 0 Å². The first kappa shape index (κ1) is 18.2. The number of benzene rings is 2. The molecule has 0 heterocycles. The summed E-state index contributed by atoms with van der Waals surface area (Å²) < 4.78 is 25.4. The van der Waals surface area contributed by atoms with Crippen LogP contribution in [-0.2, 0) is 16.0 Å². The maximum atomic E-state index is 14.6. The minimum atomic E-state index is -0.684. The lowest BCUT2D eigenvalue weighted by molar-refractivity contribution is -0.142. The Balaban J connectivity index is 2.35. The maximum absolute atomic E-state index is 14.6. The first-order chi connectivity index (χ1) is 11.4. The lowest BCUT2D eigenvalue weighted by Crippen LogP contribution is -2.09. The van der Waals surface area contributed by atoms with E-state index in [0.29, 0.717) is 9.50 Å². The summed E-state index contributed by atoms with van der Waals surface area (Å²) in [6, 6.07) is 9.36. The molecule has 0 aromatic heterocycles. The van der Waals surface area contributed by atoms with E-state index in [9.17, 15) is 9.18 Å². The number of nitriles is 1. The first-order valence-electron chi connectivity index (χ1n) is 6.95. The van der Waals surface area contributed by atoms with Gasteiger partial charge in [0, 0.05) is 10.6 Å². The van der Waals surface area contributed by atoms with Gasteiger partial charge in [-0.2, -0.15) is 5.26 Å². The Labute approximate surface area is 151 Å². The molecule has 0 spiro atoms. The lowest BCUT2D eigenvalue weighted by atomic mass is 10.1. The molecule has 0 fully saturated rings. The van der Waals surface area contributed by atoms with Gasteiger partial charge in [0.05, 0.1) is 29.1 Å². The Morgan fingerprint density at radius 3 is 2.79 bits per heavy atom. The molecule has 124 valence electrons. The van der Waals surface area contributed by atoms with Gasteiger partial charge in [0.15, 0.2) is 11.6 Å². The third-order valence-electron chi connectivity index (χ3n) is 2.99. The molecule has 0 bridgehead atoms. The molecule has 7 heteroatoms. The molecule has 0 saturated heterocycles. The number of carbonyl (C=O) groups is 1. The van der Waals surface area contributed by atoms with Gasteiger partial charge < -0.3 is 9.47 Å². The molecule has 0 unspecified atom stereocenters. The van der Waals surface area contributed by atoms with Crippen LogP contribution in [0.3, 0.4) is 0 Å². The van der Waals surface area contributed by atoms with Crippen molar-refractivity contribution >= 4 is 33.5 Å². The van der Waals surface area contributed by atoms with E-state index in [1.54, 1.807) is 13.0 Å². The predicted molar refractivity (Wildman–Crippen MR) is 90.7 cm³/mol. The Morgan fingerprint density at radius 2 is 2.12 bits per heavy atom. The fraction of sp³-hybridized carbons (Fsp3) is 0.176. The fourth-order valence-electron chi connectivity index (χ4n) is 1.97. The van der Waals surface area contributed by atoms with Crippen LogP contribution < -0.4 is 4.74 Å². The van der Waals surface area contributed by atoms with E-state index in [2.05, 4.69) is 15.9 Å². The fourth-order valence-corrected chi connectivity index (χ4v) is 2.59. The van der Waals surface area contributed by atoms with E-state index in [1.165, 1.54) is 24.3 Å². The zero-order chi connectivity index (χ0) is 17.7. The number of hydrogen-bond donors (Lipinski definition) is 0. The van der Waals surface area contributed by atoms with Crippen LogP contribution in [0.25, 0.3) is 0 Å². The third-order valence-corrected chi connectivity index (χ3v) is 3.83. The summed E-state index contributed by atoms with van der Waals surface area (Å²) in [7, 11) is 0. The van der Waals surface area contributed by atoms with Gasteiger partial charge in [-0.3, -0.25) is 4.79 Å². The van der Waals surface area contributed by atoms with Gasteiger partial charge in [-0.25, -0.2) is 4.39 Å². The molecular weight excluding hydrogens is 401 g/mol.